The molecule has 0 aromatic rings. The van der Waals surface area contributed by atoms with Gasteiger partial charge in [-0.15, -0.1) is 0 Å². The lowest BCUT2D eigenvalue weighted by Gasteiger charge is -2.27. The summed E-state index contributed by atoms with van der Waals surface area (Å²) in [6.45, 7) is 1.75. The van der Waals surface area contributed by atoms with Crippen molar-refractivity contribution in [3.63, 3.8) is 0 Å². The number of allylic oxidation sites excluding steroid dienone is 7. The number of fused-ring (bicyclic) bond motifs is 1. The van der Waals surface area contributed by atoms with E-state index in [0.29, 0.717) is 11.8 Å². The monoisotopic (exact) mass is 362 g/mol. The lowest BCUT2D eigenvalue weighted by atomic mass is 9.78. The molecule has 5 aliphatic rings. The van der Waals surface area contributed by atoms with Crippen LogP contribution in [0.5, 0.6) is 0 Å². The molecular formula is C25H34N2. The molecule has 0 saturated heterocycles. The number of nitrogens with zero attached hydrogens (tertiary/aromatic N) is 1. The van der Waals surface area contributed by atoms with E-state index in [0.717, 1.165) is 42.7 Å². The molecule has 0 spiro atoms. The molecule has 4 aliphatic carbocycles. The van der Waals surface area contributed by atoms with Crippen molar-refractivity contribution in [2.24, 2.45) is 52.2 Å². The predicted molar refractivity (Wildman–Crippen MR) is 114 cm³/mol. The highest BCUT2D eigenvalue weighted by Crippen LogP contribution is 2.77. The van der Waals surface area contributed by atoms with E-state index in [1.54, 1.807) is 5.57 Å². The second kappa shape index (κ2) is 7.54. The first-order valence-corrected chi connectivity index (χ1v) is 11.3. The van der Waals surface area contributed by atoms with Crippen LogP contribution in [0, 0.1) is 41.4 Å². The Hall–Kier alpha value is -1.41. The Bertz CT molecular complexity index is 700. The Kier molecular flexibility index (Phi) is 4.94. The van der Waals surface area contributed by atoms with E-state index < -0.39 is 0 Å². The van der Waals surface area contributed by atoms with Crippen LogP contribution in [0.3, 0.4) is 0 Å². The predicted octanol–water partition coefficient (Wildman–Crippen LogP) is 5.09. The molecular weight excluding hydrogens is 328 g/mol. The molecule has 7 atom stereocenters. The van der Waals surface area contributed by atoms with Gasteiger partial charge < -0.3 is 5.73 Å². The van der Waals surface area contributed by atoms with Crippen LogP contribution in [0.25, 0.3) is 0 Å². The lowest BCUT2D eigenvalue weighted by Crippen LogP contribution is -2.16. The van der Waals surface area contributed by atoms with Gasteiger partial charge >= 0.3 is 0 Å². The number of nitrogens with two attached hydrogens (primary N) is 1. The molecule has 6 unspecified atom stereocenters. The molecule has 1 aliphatic heterocycles. The number of hydrogen-bond donors (Lipinski definition) is 1. The summed E-state index contributed by atoms with van der Waals surface area (Å²) in [7, 11) is 0. The third kappa shape index (κ3) is 3.53. The smallest absolute Gasteiger partial charge is 0.0576 e. The van der Waals surface area contributed by atoms with Crippen LogP contribution in [0.15, 0.2) is 52.6 Å². The molecule has 2 nitrogen and oxygen atoms in total. The van der Waals surface area contributed by atoms with E-state index in [1.807, 2.05) is 0 Å². The minimum absolute atomic E-state index is 0.605. The molecule has 27 heavy (non-hydrogen) atoms. The highest BCUT2D eigenvalue weighted by Gasteiger charge is 2.73. The number of aliphatic imine (C=N–C) groups is 1. The Morgan fingerprint density at radius 1 is 0.889 bits per heavy atom. The second-order valence-corrected chi connectivity index (χ2v) is 9.37. The summed E-state index contributed by atoms with van der Waals surface area (Å²) >= 11 is 0. The molecule has 2 saturated carbocycles. The fourth-order valence-electron chi connectivity index (χ4n) is 6.10. The van der Waals surface area contributed by atoms with Crippen LogP contribution in [-0.4, -0.2) is 19.3 Å². The quantitative estimate of drug-likeness (QED) is 0.474. The van der Waals surface area contributed by atoms with Crippen LogP contribution in [-0.2, 0) is 0 Å². The summed E-state index contributed by atoms with van der Waals surface area (Å²) in [5.41, 5.74) is 8.60. The van der Waals surface area contributed by atoms with E-state index >= 15 is 0 Å². The van der Waals surface area contributed by atoms with Crippen molar-refractivity contribution < 1.29 is 0 Å². The summed E-state index contributed by atoms with van der Waals surface area (Å²) in [6, 6.07) is 0. The molecule has 2 fully saturated rings. The Balaban J connectivity index is 1.07. The zero-order chi connectivity index (χ0) is 18.2. The zero-order valence-corrected chi connectivity index (χ0v) is 16.5. The third-order valence-electron chi connectivity index (χ3n) is 7.83. The maximum Gasteiger partial charge on any atom is 0.0576 e. The standard InChI is InChI=1S/C25H34N2/c26-14-3-1-2-4-22-24-23(25(22)24)20-11-9-18(10-12-20)17-5-7-19(8-6-17)21-13-15-27-16-21/h5,7,9-11,13,16-17,19-20,22-25H,1-4,6,8,12,14-15,26H2/t17?,19?,20?,22?,23?,24-,25?/m0/s1. The van der Waals surface area contributed by atoms with Gasteiger partial charge in [0.2, 0.25) is 0 Å². The van der Waals surface area contributed by atoms with Gasteiger partial charge in [0.1, 0.15) is 0 Å². The van der Waals surface area contributed by atoms with Crippen LogP contribution in [0.1, 0.15) is 44.9 Å². The maximum atomic E-state index is 5.59. The molecule has 144 valence electrons. The van der Waals surface area contributed by atoms with Crippen LogP contribution in [0.4, 0.5) is 0 Å². The Morgan fingerprint density at radius 3 is 2.33 bits per heavy atom. The van der Waals surface area contributed by atoms with Crippen molar-refractivity contribution in [3.8, 4) is 0 Å². The topological polar surface area (TPSA) is 38.4 Å². The molecule has 0 bridgehead atoms. The maximum absolute atomic E-state index is 5.59. The van der Waals surface area contributed by atoms with Crippen molar-refractivity contribution in [3.05, 3.63) is 47.6 Å². The summed E-state index contributed by atoms with van der Waals surface area (Å²) < 4.78 is 0. The van der Waals surface area contributed by atoms with Gasteiger partial charge in [0.15, 0.2) is 0 Å². The summed E-state index contributed by atoms with van der Waals surface area (Å²) in [4.78, 5) is 4.34. The summed E-state index contributed by atoms with van der Waals surface area (Å²) in [5, 5.41) is 0. The minimum Gasteiger partial charge on any atom is -0.330 e. The van der Waals surface area contributed by atoms with E-state index in [-0.39, 0.29) is 0 Å². The lowest BCUT2D eigenvalue weighted by molar-refractivity contribution is 0.360. The summed E-state index contributed by atoms with van der Waals surface area (Å²) in [6.07, 6.45) is 26.1. The van der Waals surface area contributed by atoms with Crippen molar-refractivity contribution in [1.82, 2.24) is 0 Å². The van der Waals surface area contributed by atoms with E-state index in [9.17, 15) is 0 Å². The Labute approximate surface area is 164 Å². The second-order valence-electron chi connectivity index (χ2n) is 9.37. The van der Waals surface area contributed by atoms with E-state index in [2.05, 4.69) is 47.7 Å². The van der Waals surface area contributed by atoms with Gasteiger partial charge in [0.25, 0.3) is 0 Å². The third-order valence-corrected chi connectivity index (χ3v) is 7.83. The molecule has 0 amide bonds. The molecule has 0 radical (unpaired) electrons. The van der Waals surface area contributed by atoms with Crippen LogP contribution in [0.2, 0.25) is 0 Å². The molecule has 0 aromatic carbocycles. The average Bonchev–Trinajstić information content (AvgIpc) is 3.55. The normalized spacial score (nSPS) is 41.3. The van der Waals surface area contributed by atoms with Crippen molar-refractivity contribution in [1.29, 1.82) is 0 Å². The first kappa shape index (κ1) is 17.7. The van der Waals surface area contributed by atoms with Gasteiger partial charge in [0.05, 0.1) is 6.54 Å². The van der Waals surface area contributed by atoms with Crippen molar-refractivity contribution >= 4 is 6.21 Å². The van der Waals surface area contributed by atoms with Crippen molar-refractivity contribution in [2.45, 2.75) is 44.9 Å². The van der Waals surface area contributed by atoms with Gasteiger partial charge in [0, 0.05) is 18.1 Å². The van der Waals surface area contributed by atoms with Gasteiger partial charge in [-0.2, -0.15) is 0 Å². The van der Waals surface area contributed by atoms with Crippen molar-refractivity contribution in [2.75, 3.05) is 13.1 Å². The molecule has 0 aromatic heterocycles. The number of hydrogen-bond acceptors (Lipinski definition) is 2. The summed E-state index contributed by atoms with van der Waals surface area (Å²) in [5.74, 6) is 6.37. The van der Waals surface area contributed by atoms with Gasteiger partial charge in [-0.05, 0) is 79.4 Å². The highest BCUT2D eigenvalue weighted by molar-refractivity contribution is 5.82. The van der Waals surface area contributed by atoms with Crippen LogP contribution >= 0.6 is 0 Å². The van der Waals surface area contributed by atoms with Gasteiger partial charge in [-0.3, -0.25) is 4.99 Å². The first-order chi connectivity index (χ1) is 13.4. The fourth-order valence-corrected chi connectivity index (χ4v) is 6.10. The number of unbranched alkanes of at least 4 members (excludes halogenated alkanes) is 2. The van der Waals surface area contributed by atoms with Gasteiger partial charge in [-0.25, -0.2) is 0 Å². The minimum atomic E-state index is 0.605. The molecule has 1 heterocycles. The molecule has 5 rings (SSSR count). The first-order valence-electron chi connectivity index (χ1n) is 11.3. The van der Waals surface area contributed by atoms with Gasteiger partial charge in [-0.1, -0.05) is 49.3 Å². The average molecular weight is 363 g/mol. The Morgan fingerprint density at radius 2 is 1.70 bits per heavy atom. The molecule has 2 heteroatoms. The fraction of sp³-hybridized carbons (Fsp3) is 0.640. The largest absolute Gasteiger partial charge is 0.330 e. The zero-order valence-electron chi connectivity index (χ0n) is 16.5. The number of rotatable bonds is 8. The van der Waals surface area contributed by atoms with E-state index in [1.165, 1.54) is 50.5 Å². The SMILES string of the molecule is NCCCCCC1C2C(C3C=CC(C4C=CC(C5=CCN=C5)CC4)=CC3)[C@H]12. The molecule has 2 N–H and O–H groups in total. The highest BCUT2D eigenvalue weighted by atomic mass is 14.8. The van der Waals surface area contributed by atoms with E-state index in [4.69, 9.17) is 5.73 Å². The van der Waals surface area contributed by atoms with Crippen LogP contribution < -0.4 is 5.73 Å².